The molecule has 0 aliphatic heterocycles. The van der Waals surface area contributed by atoms with E-state index in [2.05, 4.69) is 20.9 Å². The highest BCUT2D eigenvalue weighted by Crippen LogP contribution is 2.16. The second-order valence-electron chi connectivity index (χ2n) is 13.4. The van der Waals surface area contributed by atoms with Crippen LogP contribution in [0.1, 0.15) is 70.4 Å². The van der Waals surface area contributed by atoms with Gasteiger partial charge in [0.2, 0.25) is 23.6 Å². The molecule has 15 nitrogen and oxygen atoms in total. The molecule has 2 rings (SSSR count). The monoisotopic (exact) mass is 724 g/mol. The average Bonchev–Trinajstić information content (AvgIpc) is 3.10. The molecule has 2 aromatic carbocycles. The number of carboxylic acid groups (broad SMARTS) is 1. The van der Waals surface area contributed by atoms with E-state index >= 15 is 0 Å². The maximum Gasteiger partial charge on any atom is 0.326 e. The lowest BCUT2D eigenvalue weighted by Gasteiger charge is -2.33. The summed E-state index contributed by atoms with van der Waals surface area (Å²) in [6.07, 6.45) is 2.41. The SMILES string of the molecule is CCCC[C@H](NC(=O)[C@H](CC(C)C)N(C)C(=O)[C@H](Cc1ccccc1)NC(=O)[C@@H](N)Cc1ccc(O)cc1)C(=O)N[C@@H](CCCN=C(N)N)C(=O)O. The number of amides is 4. The Balaban J connectivity index is 2.30. The molecule has 11 N–H and O–H groups in total. The van der Waals surface area contributed by atoms with Crippen LogP contribution in [0.15, 0.2) is 59.6 Å². The number of hydrogen-bond acceptors (Lipinski definition) is 8. The minimum absolute atomic E-state index is 0.0450. The lowest BCUT2D eigenvalue weighted by atomic mass is 9.98. The Kier molecular flexibility index (Phi) is 18.1. The van der Waals surface area contributed by atoms with E-state index in [0.29, 0.717) is 19.3 Å². The number of hydrogen-bond donors (Lipinski definition) is 8. The Bertz CT molecular complexity index is 1480. The molecule has 52 heavy (non-hydrogen) atoms. The van der Waals surface area contributed by atoms with Crippen molar-refractivity contribution >= 4 is 35.6 Å². The summed E-state index contributed by atoms with van der Waals surface area (Å²) in [6.45, 7) is 5.90. The van der Waals surface area contributed by atoms with Gasteiger partial charge in [0, 0.05) is 20.0 Å². The lowest BCUT2D eigenvalue weighted by molar-refractivity contribution is -0.144. The van der Waals surface area contributed by atoms with Gasteiger partial charge in [-0.2, -0.15) is 0 Å². The van der Waals surface area contributed by atoms with Crippen LogP contribution in [0.5, 0.6) is 5.75 Å². The van der Waals surface area contributed by atoms with Crippen molar-refractivity contribution in [3.05, 3.63) is 65.7 Å². The molecule has 0 spiro atoms. The molecule has 0 aliphatic rings. The highest BCUT2D eigenvalue weighted by atomic mass is 16.4. The molecular formula is C37H56N8O7. The van der Waals surface area contributed by atoms with E-state index in [-0.39, 0.29) is 56.3 Å². The number of carboxylic acids is 1. The molecule has 0 aliphatic carbocycles. The molecule has 4 amide bonds. The van der Waals surface area contributed by atoms with Crippen molar-refractivity contribution in [3.8, 4) is 5.75 Å². The predicted octanol–water partition coefficient (Wildman–Crippen LogP) is 1.16. The van der Waals surface area contributed by atoms with Gasteiger partial charge in [0.05, 0.1) is 6.04 Å². The number of unbranched alkanes of at least 4 members (excludes halogenated alkanes) is 1. The fourth-order valence-corrected chi connectivity index (χ4v) is 5.57. The number of aromatic hydroxyl groups is 1. The van der Waals surface area contributed by atoms with Crippen LogP contribution in [0.2, 0.25) is 0 Å². The van der Waals surface area contributed by atoms with Gasteiger partial charge in [-0.1, -0.05) is 76.1 Å². The number of carbonyl (C=O) groups excluding carboxylic acids is 4. The average molecular weight is 725 g/mol. The number of rotatable bonds is 22. The van der Waals surface area contributed by atoms with E-state index in [9.17, 15) is 34.2 Å². The number of nitrogens with zero attached hydrogens (tertiary/aromatic N) is 2. The van der Waals surface area contributed by atoms with Crippen molar-refractivity contribution in [3.63, 3.8) is 0 Å². The highest BCUT2D eigenvalue weighted by molar-refractivity contribution is 5.95. The van der Waals surface area contributed by atoms with Gasteiger partial charge in [0.1, 0.15) is 29.9 Å². The second-order valence-corrected chi connectivity index (χ2v) is 13.4. The number of likely N-dealkylation sites (N-methyl/N-ethyl adjacent to an activating group) is 1. The first kappa shape index (κ1) is 43.0. The number of aliphatic imine (C=N–C) groups is 1. The number of phenolic OH excluding ortho intramolecular Hbond substituents is 1. The first-order valence-electron chi connectivity index (χ1n) is 17.7. The summed E-state index contributed by atoms with van der Waals surface area (Å²) in [5, 5.41) is 27.5. The van der Waals surface area contributed by atoms with Crippen LogP contribution in [0.4, 0.5) is 0 Å². The van der Waals surface area contributed by atoms with Gasteiger partial charge in [-0.05, 0) is 61.3 Å². The Hall–Kier alpha value is -5.18. The van der Waals surface area contributed by atoms with E-state index in [1.807, 2.05) is 51.1 Å². The van der Waals surface area contributed by atoms with E-state index in [4.69, 9.17) is 17.2 Å². The van der Waals surface area contributed by atoms with Gasteiger partial charge in [-0.15, -0.1) is 0 Å². The topological polar surface area (TPSA) is 256 Å². The first-order valence-corrected chi connectivity index (χ1v) is 17.7. The van der Waals surface area contributed by atoms with Crippen molar-refractivity contribution < 1.29 is 34.2 Å². The molecule has 5 atom stereocenters. The number of nitrogens with one attached hydrogen (secondary N) is 3. The lowest BCUT2D eigenvalue weighted by Crippen LogP contribution is -2.59. The molecule has 0 bridgehead atoms. The number of nitrogens with two attached hydrogens (primary N) is 3. The molecule has 15 heteroatoms. The number of guanidine groups is 1. The number of phenols is 1. The maximum atomic E-state index is 14.2. The van der Waals surface area contributed by atoms with Gasteiger partial charge >= 0.3 is 5.97 Å². The van der Waals surface area contributed by atoms with Crippen LogP contribution < -0.4 is 33.2 Å². The standard InChI is InChI=1S/C37H56N8O7/c1-5-6-13-28(33(48)43-29(36(51)52)14-10-19-41-37(39)40)42-34(49)31(20-23(2)3)45(4)35(50)30(22-24-11-8-7-9-12-24)44-32(47)27(38)21-25-15-17-26(46)18-16-25/h7-9,11-12,15-18,23,27-31,46H,5-6,10,13-14,19-22,38H2,1-4H3,(H,42,49)(H,43,48)(H,44,47)(H,51,52)(H4,39,40,41)/t27-,28-,29-,30-,31-/m0/s1. The molecule has 0 saturated carbocycles. The third-order valence-electron chi connectivity index (χ3n) is 8.48. The number of benzene rings is 2. The minimum atomic E-state index is -1.24. The van der Waals surface area contributed by atoms with Crippen molar-refractivity contribution in [1.29, 1.82) is 0 Å². The zero-order chi connectivity index (χ0) is 38.8. The van der Waals surface area contributed by atoms with Gasteiger partial charge in [-0.25, -0.2) is 4.79 Å². The summed E-state index contributed by atoms with van der Waals surface area (Å²) in [5.41, 5.74) is 18.4. The summed E-state index contributed by atoms with van der Waals surface area (Å²) in [7, 11) is 1.48. The molecular weight excluding hydrogens is 668 g/mol. The Morgan fingerprint density at radius 2 is 1.37 bits per heavy atom. The molecule has 0 fully saturated rings. The first-order chi connectivity index (χ1) is 24.6. The Labute approximate surface area is 305 Å². The quantitative estimate of drug-likeness (QED) is 0.0488. The summed E-state index contributed by atoms with van der Waals surface area (Å²) < 4.78 is 0. The summed E-state index contributed by atoms with van der Waals surface area (Å²) in [6, 6.07) is 9.99. The van der Waals surface area contributed by atoms with Crippen LogP contribution >= 0.6 is 0 Å². The zero-order valence-corrected chi connectivity index (χ0v) is 30.6. The van der Waals surface area contributed by atoms with Gasteiger partial charge in [0.15, 0.2) is 5.96 Å². The van der Waals surface area contributed by atoms with Crippen LogP contribution in [-0.4, -0.2) is 94.5 Å². The van der Waals surface area contributed by atoms with E-state index in [1.54, 1.807) is 12.1 Å². The predicted molar refractivity (Wildman–Crippen MR) is 199 cm³/mol. The third kappa shape index (κ3) is 15.0. The van der Waals surface area contributed by atoms with Crippen LogP contribution in [0.3, 0.4) is 0 Å². The molecule has 0 unspecified atom stereocenters. The third-order valence-corrected chi connectivity index (χ3v) is 8.48. The molecule has 0 saturated heterocycles. The van der Waals surface area contributed by atoms with Crippen LogP contribution in [-0.2, 0) is 36.8 Å². The fourth-order valence-electron chi connectivity index (χ4n) is 5.57. The highest BCUT2D eigenvalue weighted by Gasteiger charge is 2.35. The van der Waals surface area contributed by atoms with Crippen molar-refractivity contribution in [1.82, 2.24) is 20.9 Å². The van der Waals surface area contributed by atoms with Gasteiger partial charge in [-0.3, -0.25) is 24.2 Å². The van der Waals surface area contributed by atoms with E-state index in [1.165, 1.54) is 24.1 Å². The largest absolute Gasteiger partial charge is 0.508 e. The van der Waals surface area contributed by atoms with E-state index in [0.717, 1.165) is 11.1 Å². The number of carbonyl (C=O) groups is 5. The summed E-state index contributed by atoms with van der Waals surface area (Å²) >= 11 is 0. The van der Waals surface area contributed by atoms with E-state index < -0.39 is 59.8 Å². The maximum absolute atomic E-state index is 14.2. The zero-order valence-electron chi connectivity index (χ0n) is 30.6. The summed E-state index contributed by atoms with van der Waals surface area (Å²) in [5.74, 6) is -3.68. The molecule has 0 heterocycles. The Morgan fingerprint density at radius 3 is 1.94 bits per heavy atom. The number of aliphatic carboxylic acids is 1. The van der Waals surface area contributed by atoms with Crippen molar-refractivity contribution in [2.45, 2.75) is 102 Å². The molecule has 0 aromatic heterocycles. The van der Waals surface area contributed by atoms with Crippen LogP contribution in [0.25, 0.3) is 0 Å². The van der Waals surface area contributed by atoms with Crippen molar-refractivity contribution in [2.24, 2.45) is 28.1 Å². The Morgan fingerprint density at radius 1 is 0.788 bits per heavy atom. The molecule has 286 valence electrons. The second kappa shape index (κ2) is 21.9. The van der Waals surface area contributed by atoms with Crippen molar-refractivity contribution in [2.75, 3.05) is 13.6 Å². The van der Waals surface area contributed by atoms with Gasteiger partial charge < -0.3 is 48.3 Å². The summed E-state index contributed by atoms with van der Waals surface area (Å²) in [4.78, 5) is 72.0. The smallest absolute Gasteiger partial charge is 0.326 e. The molecule has 2 aromatic rings. The minimum Gasteiger partial charge on any atom is -0.508 e. The van der Waals surface area contributed by atoms with Crippen LogP contribution in [0, 0.1) is 5.92 Å². The molecule has 0 radical (unpaired) electrons. The normalized spacial score (nSPS) is 13.9. The fraction of sp³-hybridized carbons (Fsp3) is 0.514. The van der Waals surface area contributed by atoms with Gasteiger partial charge in [0.25, 0.3) is 0 Å².